The number of rotatable bonds is 2. The van der Waals surface area contributed by atoms with Crippen LogP contribution in [0.25, 0.3) is 0 Å². The molecule has 1 aromatic heterocycles. The zero-order valence-corrected chi connectivity index (χ0v) is 9.26. The maximum Gasteiger partial charge on any atom is 0.0951 e. The summed E-state index contributed by atoms with van der Waals surface area (Å²) in [7, 11) is 0. The quantitative estimate of drug-likeness (QED) is 0.805. The summed E-state index contributed by atoms with van der Waals surface area (Å²) in [5.74, 6) is 1.87. The Kier molecular flexibility index (Phi) is 2.09. The van der Waals surface area contributed by atoms with Crippen LogP contribution in [-0.4, -0.2) is 9.55 Å². The number of nitrogens with zero attached hydrogens (tertiary/aromatic N) is 2. The molecule has 3 nitrogen and oxygen atoms in total. The van der Waals surface area contributed by atoms with E-state index in [2.05, 4.69) is 9.55 Å². The molecule has 0 saturated heterocycles. The van der Waals surface area contributed by atoms with Gasteiger partial charge >= 0.3 is 0 Å². The van der Waals surface area contributed by atoms with Crippen LogP contribution in [0.3, 0.4) is 0 Å². The summed E-state index contributed by atoms with van der Waals surface area (Å²) in [6, 6.07) is 0.791. The molecule has 3 unspecified atom stereocenters. The maximum absolute atomic E-state index is 5.96. The molecule has 0 radical (unpaired) electrons. The zero-order chi connectivity index (χ0) is 10.4. The number of nitrogens with two attached hydrogens (primary N) is 1. The summed E-state index contributed by atoms with van der Waals surface area (Å²) in [5, 5.41) is 0. The van der Waals surface area contributed by atoms with Gasteiger partial charge in [0.25, 0.3) is 0 Å². The van der Waals surface area contributed by atoms with Gasteiger partial charge in [-0.25, -0.2) is 4.98 Å². The third kappa shape index (κ3) is 1.41. The lowest BCUT2D eigenvalue weighted by Crippen LogP contribution is -2.20. The van der Waals surface area contributed by atoms with Gasteiger partial charge in [0.1, 0.15) is 0 Å². The van der Waals surface area contributed by atoms with Gasteiger partial charge < -0.3 is 10.3 Å². The van der Waals surface area contributed by atoms with Crippen molar-refractivity contribution in [1.29, 1.82) is 0 Å². The van der Waals surface area contributed by atoms with Gasteiger partial charge in [0.2, 0.25) is 0 Å². The Hall–Kier alpha value is -0.830. The SMILES string of the molecule is C[C@@H](N)c1cncn1C1CC2CCC1C2. The lowest BCUT2D eigenvalue weighted by atomic mass is 9.95. The molecule has 2 fully saturated rings. The molecule has 0 amide bonds. The Morgan fingerprint density at radius 3 is 2.93 bits per heavy atom. The molecular formula is C12H19N3. The van der Waals surface area contributed by atoms with Crippen LogP contribution in [0.4, 0.5) is 0 Å². The molecule has 0 aromatic carbocycles. The highest BCUT2D eigenvalue weighted by Crippen LogP contribution is 2.51. The minimum absolute atomic E-state index is 0.103. The van der Waals surface area contributed by atoms with Crippen molar-refractivity contribution in [3.05, 3.63) is 18.2 Å². The van der Waals surface area contributed by atoms with Crippen LogP contribution in [0.1, 0.15) is 50.4 Å². The third-order valence-electron chi connectivity index (χ3n) is 4.22. The van der Waals surface area contributed by atoms with Gasteiger partial charge in [-0.1, -0.05) is 6.42 Å². The molecule has 15 heavy (non-hydrogen) atoms. The molecule has 2 saturated carbocycles. The van der Waals surface area contributed by atoms with E-state index in [0.29, 0.717) is 6.04 Å². The molecular weight excluding hydrogens is 186 g/mol. The van der Waals surface area contributed by atoms with Crippen molar-refractivity contribution in [3.63, 3.8) is 0 Å². The van der Waals surface area contributed by atoms with Crippen LogP contribution in [-0.2, 0) is 0 Å². The number of imidazole rings is 1. The molecule has 1 heterocycles. The smallest absolute Gasteiger partial charge is 0.0951 e. The first-order valence-electron chi connectivity index (χ1n) is 6.03. The first-order valence-corrected chi connectivity index (χ1v) is 6.03. The first-order chi connectivity index (χ1) is 7.25. The average molecular weight is 205 g/mol. The summed E-state index contributed by atoms with van der Waals surface area (Å²) in [4.78, 5) is 4.25. The number of hydrogen-bond acceptors (Lipinski definition) is 2. The standard InChI is InChI=1S/C12H19N3/c1-8(13)12-6-14-7-15(12)11-5-9-2-3-10(11)4-9/h6-11H,2-5,13H2,1H3/t8-,9?,10?,11?/m1/s1. The van der Waals surface area contributed by atoms with E-state index >= 15 is 0 Å². The van der Waals surface area contributed by atoms with Crippen LogP contribution in [0, 0.1) is 11.8 Å². The highest BCUT2D eigenvalue weighted by atomic mass is 15.1. The summed E-state index contributed by atoms with van der Waals surface area (Å²) in [6.07, 6.45) is 9.54. The van der Waals surface area contributed by atoms with Crippen molar-refractivity contribution >= 4 is 0 Å². The molecule has 2 aliphatic rings. The number of aromatic nitrogens is 2. The highest BCUT2D eigenvalue weighted by molar-refractivity contribution is 5.08. The van der Waals surface area contributed by atoms with Gasteiger partial charge in [-0.2, -0.15) is 0 Å². The van der Waals surface area contributed by atoms with E-state index in [1.165, 1.54) is 31.4 Å². The molecule has 2 aliphatic carbocycles. The Labute approximate surface area is 90.7 Å². The fourth-order valence-corrected chi connectivity index (χ4v) is 3.50. The zero-order valence-electron chi connectivity index (χ0n) is 9.26. The second-order valence-electron chi connectivity index (χ2n) is 5.26. The second-order valence-corrected chi connectivity index (χ2v) is 5.26. The van der Waals surface area contributed by atoms with Crippen molar-refractivity contribution in [1.82, 2.24) is 9.55 Å². The van der Waals surface area contributed by atoms with Crippen LogP contribution in [0.2, 0.25) is 0 Å². The van der Waals surface area contributed by atoms with Crippen molar-refractivity contribution in [2.75, 3.05) is 0 Å². The summed E-state index contributed by atoms with van der Waals surface area (Å²) < 4.78 is 2.34. The Balaban J connectivity index is 1.90. The predicted molar refractivity (Wildman–Crippen MR) is 59.3 cm³/mol. The lowest BCUT2D eigenvalue weighted by Gasteiger charge is -2.25. The van der Waals surface area contributed by atoms with Gasteiger partial charge in [-0.05, 0) is 38.0 Å². The molecule has 1 aromatic rings. The second kappa shape index (κ2) is 3.34. The Morgan fingerprint density at radius 2 is 2.33 bits per heavy atom. The van der Waals surface area contributed by atoms with E-state index < -0.39 is 0 Å². The van der Waals surface area contributed by atoms with E-state index in [4.69, 9.17) is 5.73 Å². The molecule has 0 aliphatic heterocycles. The van der Waals surface area contributed by atoms with Crippen LogP contribution in [0.15, 0.2) is 12.5 Å². The van der Waals surface area contributed by atoms with E-state index in [0.717, 1.165) is 11.8 Å². The Bertz CT molecular complexity index is 356. The van der Waals surface area contributed by atoms with Gasteiger partial charge in [-0.3, -0.25) is 0 Å². The monoisotopic (exact) mass is 205 g/mol. The van der Waals surface area contributed by atoms with E-state index in [1.807, 2.05) is 19.4 Å². The van der Waals surface area contributed by atoms with E-state index in [9.17, 15) is 0 Å². The van der Waals surface area contributed by atoms with Gasteiger partial charge in [0.05, 0.1) is 12.0 Å². The molecule has 2 N–H and O–H groups in total. The van der Waals surface area contributed by atoms with Crippen LogP contribution < -0.4 is 5.73 Å². The summed E-state index contributed by atoms with van der Waals surface area (Å²) in [5.41, 5.74) is 7.17. The van der Waals surface area contributed by atoms with Crippen LogP contribution in [0.5, 0.6) is 0 Å². The number of fused-ring (bicyclic) bond motifs is 2. The Morgan fingerprint density at radius 1 is 1.47 bits per heavy atom. The third-order valence-corrected chi connectivity index (χ3v) is 4.22. The van der Waals surface area contributed by atoms with E-state index in [1.54, 1.807) is 0 Å². The first kappa shape index (κ1) is 9.40. The van der Waals surface area contributed by atoms with Crippen molar-refractivity contribution < 1.29 is 0 Å². The average Bonchev–Trinajstić information content (AvgIpc) is 2.92. The minimum Gasteiger partial charge on any atom is -0.330 e. The van der Waals surface area contributed by atoms with Gasteiger partial charge in [0, 0.05) is 18.3 Å². The fraction of sp³-hybridized carbons (Fsp3) is 0.750. The molecule has 4 atom stereocenters. The minimum atomic E-state index is 0.103. The summed E-state index contributed by atoms with van der Waals surface area (Å²) in [6.45, 7) is 2.04. The maximum atomic E-state index is 5.96. The van der Waals surface area contributed by atoms with Gasteiger partial charge in [-0.15, -0.1) is 0 Å². The molecule has 0 spiro atoms. The topological polar surface area (TPSA) is 43.8 Å². The normalized spacial score (nSPS) is 36.0. The van der Waals surface area contributed by atoms with Crippen LogP contribution >= 0.6 is 0 Å². The van der Waals surface area contributed by atoms with Crippen molar-refractivity contribution in [3.8, 4) is 0 Å². The number of hydrogen-bond donors (Lipinski definition) is 1. The molecule has 82 valence electrons. The highest BCUT2D eigenvalue weighted by Gasteiger charge is 2.40. The lowest BCUT2D eigenvalue weighted by molar-refractivity contribution is 0.320. The van der Waals surface area contributed by atoms with Crippen molar-refractivity contribution in [2.24, 2.45) is 17.6 Å². The molecule has 3 heteroatoms. The largest absolute Gasteiger partial charge is 0.330 e. The molecule has 3 rings (SSSR count). The van der Waals surface area contributed by atoms with Crippen molar-refractivity contribution in [2.45, 2.75) is 44.7 Å². The predicted octanol–water partition coefficient (Wildman–Crippen LogP) is 2.26. The van der Waals surface area contributed by atoms with E-state index in [-0.39, 0.29) is 6.04 Å². The van der Waals surface area contributed by atoms with Gasteiger partial charge in [0.15, 0.2) is 0 Å². The molecule has 2 bridgehead atoms. The fourth-order valence-electron chi connectivity index (χ4n) is 3.50. The summed E-state index contributed by atoms with van der Waals surface area (Å²) >= 11 is 0.